The molecule has 1 aromatic carbocycles. The number of fused-ring (bicyclic) bond motifs is 1. The minimum absolute atomic E-state index is 0.0246. The van der Waals surface area contributed by atoms with Crippen LogP contribution < -0.4 is 11.3 Å². The lowest BCUT2D eigenvalue weighted by molar-refractivity contribution is 0.628. The Morgan fingerprint density at radius 3 is 2.84 bits per heavy atom. The van der Waals surface area contributed by atoms with Crippen LogP contribution in [0.4, 0.5) is 10.3 Å². The maximum Gasteiger partial charge on any atom is 0.274 e. The molecule has 19 heavy (non-hydrogen) atoms. The Kier molecular flexibility index (Phi) is 2.49. The Hall–Kier alpha value is -2.76. The summed E-state index contributed by atoms with van der Waals surface area (Å²) in [4.78, 5) is 22.2. The van der Waals surface area contributed by atoms with Crippen LogP contribution in [0, 0.1) is 5.82 Å². The van der Waals surface area contributed by atoms with Gasteiger partial charge in [0.15, 0.2) is 0 Å². The molecule has 0 bridgehead atoms. The molecule has 0 spiro atoms. The van der Waals surface area contributed by atoms with E-state index in [4.69, 9.17) is 5.73 Å². The van der Waals surface area contributed by atoms with Gasteiger partial charge in [-0.1, -0.05) is 12.1 Å². The molecule has 5 nitrogen and oxygen atoms in total. The summed E-state index contributed by atoms with van der Waals surface area (Å²) in [5.41, 5.74) is 6.42. The Morgan fingerprint density at radius 2 is 2.05 bits per heavy atom. The molecular formula is C13H9FN4O. The molecule has 0 aliphatic rings. The molecule has 0 aliphatic carbocycles. The van der Waals surface area contributed by atoms with Gasteiger partial charge in [0.1, 0.15) is 11.3 Å². The third kappa shape index (κ3) is 1.93. The quantitative estimate of drug-likeness (QED) is 0.694. The largest absolute Gasteiger partial charge is 0.368 e. The van der Waals surface area contributed by atoms with Crippen LogP contribution in [0.25, 0.3) is 22.2 Å². The van der Waals surface area contributed by atoms with Crippen molar-refractivity contribution < 1.29 is 4.39 Å². The van der Waals surface area contributed by atoms with E-state index in [2.05, 4.69) is 15.0 Å². The summed E-state index contributed by atoms with van der Waals surface area (Å²) < 4.78 is 13.3. The molecule has 0 atom stereocenters. The highest BCUT2D eigenvalue weighted by Gasteiger charge is 2.11. The average molecular weight is 256 g/mol. The predicted molar refractivity (Wildman–Crippen MR) is 70.0 cm³/mol. The van der Waals surface area contributed by atoms with Crippen LogP contribution in [0.2, 0.25) is 0 Å². The van der Waals surface area contributed by atoms with Crippen molar-refractivity contribution >= 4 is 16.9 Å². The van der Waals surface area contributed by atoms with E-state index in [0.717, 1.165) is 0 Å². The van der Waals surface area contributed by atoms with Crippen LogP contribution in [0.5, 0.6) is 0 Å². The van der Waals surface area contributed by atoms with Crippen LogP contribution >= 0.6 is 0 Å². The topological polar surface area (TPSA) is 84.7 Å². The lowest BCUT2D eigenvalue weighted by atomic mass is 10.1. The minimum atomic E-state index is -0.382. The fraction of sp³-hybridized carbons (Fsp3) is 0. The van der Waals surface area contributed by atoms with Gasteiger partial charge >= 0.3 is 0 Å². The first-order chi connectivity index (χ1) is 9.15. The fourth-order valence-electron chi connectivity index (χ4n) is 1.94. The first-order valence-corrected chi connectivity index (χ1v) is 5.56. The molecule has 0 unspecified atom stereocenters. The molecule has 0 saturated heterocycles. The van der Waals surface area contributed by atoms with Gasteiger partial charge in [0, 0.05) is 17.1 Å². The first kappa shape index (κ1) is 11.3. The van der Waals surface area contributed by atoms with E-state index in [0.29, 0.717) is 16.6 Å². The number of aromatic amines is 1. The Bertz CT molecular complexity index is 828. The van der Waals surface area contributed by atoms with Gasteiger partial charge in [-0.3, -0.25) is 4.79 Å². The monoisotopic (exact) mass is 256 g/mol. The summed E-state index contributed by atoms with van der Waals surface area (Å²) >= 11 is 0. The van der Waals surface area contributed by atoms with Gasteiger partial charge in [-0.2, -0.15) is 0 Å². The number of halogens is 1. The summed E-state index contributed by atoms with van der Waals surface area (Å²) in [6, 6.07) is 7.61. The van der Waals surface area contributed by atoms with Gasteiger partial charge < -0.3 is 10.7 Å². The van der Waals surface area contributed by atoms with Crippen molar-refractivity contribution in [3.8, 4) is 11.3 Å². The number of aromatic nitrogens is 3. The van der Waals surface area contributed by atoms with Crippen LogP contribution in [0.15, 0.2) is 41.3 Å². The summed E-state index contributed by atoms with van der Waals surface area (Å²) in [6.07, 6.45) is 1.49. The second kappa shape index (κ2) is 4.16. The van der Waals surface area contributed by atoms with Gasteiger partial charge in [0.25, 0.3) is 5.56 Å². The number of anilines is 1. The van der Waals surface area contributed by atoms with E-state index in [1.807, 2.05) is 0 Å². The summed E-state index contributed by atoms with van der Waals surface area (Å²) in [5.74, 6) is -0.406. The lowest BCUT2D eigenvalue weighted by Gasteiger charge is -2.06. The number of nitrogens with two attached hydrogens (primary N) is 1. The third-order valence-electron chi connectivity index (χ3n) is 2.74. The van der Waals surface area contributed by atoms with E-state index < -0.39 is 0 Å². The smallest absolute Gasteiger partial charge is 0.274 e. The number of hydrogen-bond acceptors (Lipinski definition) is 4. The Balaban J connectivity index is 2.41. The second-order valence-electron chi connectivity index (χ2n) is 4.01. The molecule has 94 valence electrons. The van der Waals surface area contributed by atoms with E-state index >= 15 is 0 Å². The fourth-order valence-corrected chi connectivity index (χ4v) is 1.94. The van der Waals surface area contributed by atoms with Crippen molar-refractivity contribution in [2.45, 2.75) is 0 Å². The predicted octanol–water partition coefficient (Wildman–Crippen LogP) is 1.71. The number of hydrogen-bond donors (Lipinski definition) is 2. The summed E-state index contributed by atoms with van der Waals surface area (Å²) in [7, 11) is 0. The second-order valence-corrected chi connectivity index (χ2v) is 4.01. The van der Waals surface area contributed by atoms with Crippen molar-refractivity contribution in [3.63, 3.8) is 0 Å². The molecule has 3 rings (SSSR count). The SMILES string of the molecule is Nc1nc(-c2cccc(F)c2)c2cc[nH]c(=O)c2n1. The summed E-state index contributed by atoms with van der Waals surface area (Å²) in [6.45, 7) is 0. The van der Waals surface area contributed by atoms with Crippen LogP contribution in [-0.4, -0.2) is 15.0 Å². The van der Waals surface area contributed by atoms with Crippen molar-refractivity contribution in [2.24, 2.45) is 0 Å². The number of benzene rings is 1. The highest BCUT2D eigenvalue weighted by molar-refractivity contribution is 5.92. The van der Waals surface area contributed by atoms with Gasteiger partial charge in [-0.15, -0.1) is 0 Å². The number of H-pyrrole nitrogens is 1. The van der Waals surface area contributed by atoms with E-state index in [-0.39, 0.29) is 22.8 Å². The van der Waals surface area contributed by atoms with Crippen molar-refractivity contribution in [1.82, 2.24) is 15.0 Å². The number of rotatable bonds is 1. The zero-order chi connectivity index (χ0) is 13.4. The van der Waals surface area contributed by atoms with Crippen molar-refractivity contribution in [2.75, 3.05) is 5.73 Å². The molecule has 0 amide bonds. The molecule has 0 fully saturated rings. The van der Waals surface area contributed by atoms with E-state index in [1.165, 1.54) is 18.3 Å². The van der Waals surface area contributed by atoms with Gasteiger partial charge in [-0.25, -0.2) is 14.4 Å². The van der Waals surface area contributed by atoms with E-state index in [1.54, 1.807) is 18.2 Å². The molecule has 0 radical (unpaired) electrons. The van der Waals surface area contributed by atoms with Crippen LogP contribution in [-0.2, 0) is 0 Å². The molecule has 2 aromatic heterocycles. The normalized spacial score (nSPS) is 10.8. The first-order valence-electron chi connectivity index (χ1n) is 5.56. The van der Waals surface area contributed by atoms with Crippen molar-refractivity contribution in [3.05, 3.63) is 52.7 Å². The number of nitrogen functional groups attached to an aromatic ring is 1. The maximum absolute atomic E-state index is 13.3. The number of nitrogens with one attached hydrogen (secondary N) is 1. The number of pyridine rings is 1. The third-order valence-corrected chi connectivity index (χ3v) is 2.74. The maximum atomic E-state index is 13.3. The molecule has 6 heteroatoms. The Morgan fingerprint density at radius 1 is 1.21 bits per heavy atom. The van der Waals surface area contributed by atoms with Crippen LogP contribution in [0.1, 0.15) is 0 Å². The van der Waals surface area contributed by atoms with Gasteiger partial charge in [0.05, 0.1) is 5.69 Å². The van der Waals surface area contributed by atoms with Gasteiger partial charge in [0.2, 0.25) is 5.95 Å². The summed E-state index contributed by atoms with van der Waals surface area (Å²) in [5, 5.41) is 0.531. The van der Waals surface area contributed by atoms with Gasteiger partial charge in [-0.05, 0) is 18.2 Å². The Labute approximate surface area is 106 Å². The highest BCUT2D eigenvalue weighted by atomic mass is 19.1. The van der Waals surface area contributed by atoms with E-state index in [9.17, 15) is 9.18 Å². The van der Waals surface area contributed by atoms with Crippen LogP contribution in [0.3, 0.4) is 0 Å². The molecular weight excluding hydrogens is 247 g/mol. The molecule has 3 N–H and O–H groups in total. The standard InChI is InChI=1S/C13H9FN4O/c14-8-3-1-2-7(6-8)10-9-4-5-16-12(19)11(9)18-13(15)17-10/h1-6H,(H,16,19)(H2,15,17,18). The highest BCUT2D eigenvalue weighted by Crippen LogP contribution is 2.25. The molecule has 0 aliphatic heterocycles. The number of nitrogens with zero attached hydrogens (tertiary/aromatic N) is 2. The van der Waals surface area contributed by atoms with Crippen molar-refractivity contribution in [1.29, 1.82) is 0 Å². The zero-order valence-corrected chi connectivity index (χ0v) is 9.72. The average Bonchev–Trinajstić information content (AvgIpc) is 2.39. The molecule has 3 aromatic rings. The molecule has 2 heterocycles. The lowest BCUT2D eigenvalue weighted by Crippen LogP contribution is -2.10. The zero-order valence-electron chi connectivity index (χ0n) is 9.72. The molecule has 0 saturated carbocycles. The minimum Gasteiger partial charge on any atom is -0.368 e.